The first-order valence-electron chi connectivity index (χ1n) is 23.6. The normalized spacial score (nSPS) is 35.9. The number of hydrogen-bond acceptors (Lipinski definition) is 13. The number of aromatic amines is 1. The van der Waals surface area contributed by atoms with Crippen molar-refractivity contribution in [3.63, 3.8) is 0 Å². The van der Waals surface area contributed by atoms with E-state index in [-0.39, 0.29) is 24.0 Å². The van der Waals surface area contributed by atoms with Crippen LogP contribution in [0.3, 0.4) is 0 Å². The maximum absolute atomic E-state index is 15.6. The zero-order valence-corrected chi connectivity index (χ0v) is 39.3. The number of benzene rings is 2. The van der Waals surface area contributed by atoms with Crippen molar-refractivity contribution >= 4 is 46.7 Å². The van der Waals surface area contributed by atoms with Gasteiger partial charge in [-0.05, 0) is 92.3 Å². The first-order chi connectivity index (χ1) is 31.5. The Labute approximate surface area is 385 Å². The van der Waals surface area contributed by atoms with Crippen LogP contribution in [0.1, 0.15) is 106 Å². The first kappa shape index (κ1) is 44.7. The van der Waals surface area contributed by atoms with Gasteiger partial charge >= 0.3 is 17.9 Å². The highest BCUT2D eigenvalue weighted by Gasteiger charge is 2.99. The first-order valence-corrected chi connectivity index (χ1v) is 23.6. The van der Waals surface area contributed by atoms with E-state index in [9.17, 15) is 24.3 Å². The van der Waals surface area contributed by atoms with Crippen molar-refractivity contribution in [2.24, 2.45) is 17.3 Å². The van der Waals surface area contributed by atoms with Crippen molar-refractivity contribution in [1.29, 1.82) is 0 Å². The van der Waals surface area contributed by atoms with Gasteiger partial charge in [-0.3, -0.25) is 33.9 Å². The number of hydrogen-bond donors (Lipinski definition) is 2. The molecule has 1 aliphatic carbocycles. The van der Waals surface area contributed by atoms with Crippen molar-refractivity contribution in [3.8, 4) is 5.75 Å². The van der Waals surface area contributed by atoms with Crippen LogP contribution in [0.25, 0.3) is 10.9 Å². The van der Waals surface area contributed by atoms with E-state index in [4.69, 9.17) is 23.7 Å². The molecule has 10 atom stereocenters. The molecule has 6 aliphatic heterocycles. The van der Waals surface area contributed by atoms with Gasteiger partial charge in [-0.25, -0.2) is 4.79 Å². The summed E-state index contributed by atoms with van der Waals surface area (Å²) in [6.45, 7) is 12.2. The van der Waals surface area contributed by atoms with Crippen LogP contribution in [0.4, 0.5) is 5.69 Å². The molecule has 3 aromatic rings. The Balaban J connectivity index is 1.29. The number of ketones is 1. The number of fused-ring (bicyclic) bond motifs is 6. The van der Waals surface area contributed by atoms with Crippen LogP contribution in [0.5, 0.6) is 5.75 Å². The molecule has 2 spiro atoms. The highest BCUT2D eigenvalue weighted by molar-refractivity contribution is 6.02. The molecule has 4 fully saturated rings. The summed E-state index contributed by atoms with van der Waals surface area (Å²) in [5.74, 6) is -1.60. The fraction of sp³-hybridized carbons (Fsp3) is 0.588. The summed E-state index contributed by atoms with van der Waals surface area (Å²) in [5.41, 5.74) is -3.86. The largest absolute Gasteiger partial charge is 0.496 e. The third kappa shape index (κ3) is 5.54. The van der Waals surface area contributed by atoms with Crippen molar-refractivity contribution < 1.29 is 52.8 Å². The minimum atomic E-state index is -1.92. The fourth-order valence-corrected chi connectivity index (χ4v) is 14.5. The van der Waals surface area contributed by atoms with Gasteiger partial charge < -0.3 is 33.8 Å². The number of esters is 3. The molecule has 0 radical (unpaired) electrons. The molecule has 3 saturated heterocycles. The molecule has 2 aromatic carbocycles. The predicted octanol–water partition coefficient (Wildman–Crippen LogP) is 5.11. The second-order valence-electron chi connectivity index (χ2n) is 20.5. The molecule has 1 saturated carbocycles. The van der Waals surface area contributed by atoms with E-state index in [0.717, 1.165) is 16.5 Å². The van der Waals surface area contributed by atoms with Crippen LogP contribution < -0.4 is 9.64 Å². The van der Waals surface area contributed by atoms with Crippen molar-refractivity contribution in [3.05, 3.63) is 70.4 Å². The summed E-state index contributed by atoms with van der Waals surface area (Å²) in [6, 6.07) is 9.02. The molecule has 66 heavy (non-hydrogen) atoms. The second kappa shape index (κ2) is 15.2. The SMILES string of the molecule is CC[C@]1(O)C[C@H]2CN(CCc3c([nH]c4ccc(C(=O)CC(C)C)cc34)[C@@](C(=O)OC)(c3cc4c(cc3OC)N(C=O)[C@@]35O[C@]3(C(=O)OC)[C@H](OC(C)=O)[C@]3(CC)C=CCN6CC[C@]45[C@@H]63)C2)C1. The van der Waals surface area contributed by atoms with E-state index < -0.39 is 63.2 Å². The fourth-order valence-electron chi connectivity index (χ4n) is 14.5. The smallest absolute Gasteiger partial charge is 0.347 e. The van der Waals surface area contributed by atoms with Crippen molar-refractivity contribution in [1.82, 2.24) is 14.8 Å². The average Bonchev–Trinajstić information content (AvgIpc) is 3.52. The average molecular weight is 907 g/mol. The van der Waals surface area contributed by atoms with Gasteiger partial charge in [0.25, 0.3) is 5.60 Å². The number of anilines is 1. The number of carbonyl (C=O) groups is 5. The lowest BCUT2D eigenvalue weighted by Gasteiger charge is -2.58. The zero-order chi connectivity index (χ0) is 46.9. The Morgan fingerprint density at radius 1 is 1.00 bits per heavy atom. The van der Waals surface area contributed by atoms with Gasteiger partial charge in [0.2, 0.25) is 12.1 Å². The van der Waals surface area contributed by atoms with Gasteiger partial charge in [0.05, 0.1) is 38.0 Å². The number of amides is 1. The number of aliphatic hydroxyl groups is 1. The van der Waals surface area contributed by atoms with E-state index in [2.05, 4.69) is 26.9 Å². The summed E-state index contributed by atoms with van der Waals surface area (Å²) in [6.07, 6.45) is 6.60. The molecule has 15 heteroatoms. The number of H-pyrrole nitrogens is 1. The zero-order valence-electron chi connectivity index (χ0n) is 39.3. The Kier molecular flexibility index (Phi) is 10.3. The minimum Gasteiger partial charge on any atom is -0.496 e. The number of ether oxygens (including phenoxy) is 5. The summed E-state index contributed by atoms with van der Waals surface area (Å²) < 4.78 is 31.2. The van der Waals surface area contributed by atoms with E-state index in [0.29, 0.717) is 111 Å². The number of Topliss-reactive ketones (excluding diaryl/α,β-unsaturated/α-hetero) is 1. The maximum atomic E-state index is 15.6. The molecule has 15 nitrogen and oxygen atoms in total. The molecule has 1 aromatic heterocycles. The Morgan fingerprint density at radius 2 is 1.77 bits per heavy atom. The van der Waals surface area contributed by atoms with Crippen LogP contribution in [-0.2, 0) is 55.4 Å². The van der Waals surface area contributed by atoms with E-state index in [1.54, 1.807) is 6.07 Å². The minimum absolute atomic E-state index is 0.0324. The van der Waals surface area contributed by atoms with E-state index >= 15 is 4.79 Å². The summed E-state index contributed by atoms with van der Waals surface area (Å²) >= 11 is 0. The van der Waals surface area contributed by atoms with Crippen molar-refractivity contribution in [2.45, 2.75) is 119 Å². The number of methoxy groups -OCH3 is 3. The molecule has 7 aliphatic rings. The number of aromatic nitrogens is 1. The summed E-state index contributed by atoms with van der Waals surface area (Å²) in [5, 5.41) is 12.9. The van der Waals surface area contributed by atoms with Gasteiger partial charge in [0.15, 0.2) is 11.9 Å². The molecule has 7 heterocycles. The Morgan fingerprint density at radius 3 is 2.44 bits per heavy atom. The van der Waals surface area contributed by atoms with Gasteiger partial charge in [-0.2, -0.15) is 0 Å². The molecular weight excluding hydrogens is 845 g/mol. The highest BCUT2D eigenvalue weighted by Crippen LogP contribution is 2.80. The quantitative estimate of drug-likeness (QED) is 0.0648. The lowest BCUT2D eigenvalue weighted by Crippen LogP contribution is -2.75. The van der Waals surface area contributed by atoms with Crippen molar-refractivity contribution in [2.75, 3.05) is 59.0 Å². The molecule has 352 valence electrons. The predicted molar refractivity (Wildman–Crippen MR) is 242 cm³/mol. The maximum Gasteiger partial charge on any atom is 0.347 e. The highest BCUT2D eigenvalue weighted by atomic mass is 16.7. The third-order valence-corrected chi connectivity index (χ3v) is 16.9. The lowest BCUT2D eigenvalue weighted by atomic mass is 9.49. The topological polar surface area (TPSA) is 181 Å². The number of rotatable bonds is 11. The number of nitrogens with one attached hydrogen (secondary N) is 1. The number of nitrogens with zero attached hydrogens (tertiary/aromatic N) is 3. The van der Waals surface area contributed by atoms with E-state index in [1.807, 2.05) is 52.0 Å². The van der Waals surface area contributed by atoms with Crippen LogP contribution >= 0.6 is 0 Å². The molecule has 1 unspecified atom stereocenters. The molecule has 1 amide bonds. The van der Waals surface area contributed by atoms with Crippen LogP contribution in [-0.4, -0.2) is 133 Å². The molecular formula is C51H62N4O11. The second-order valence-corrected chi connectivity index (χ2v) is 20.5. The lowest BCUT2D eigenvalue weighted by molar-refractivity contribution is -0.178. The van der Waals surface area contributed by atoms with Crippen LogP contribution in [0.15, 0.2) is 42.5 Å². The van der Waals surface area contributed by atoms with E-state index in [1.165, 1.54) is 33.2 Å². The number of epoxide rings is 1. The Hall–Kier alpha value is -5.09. The number of carbonyl (C=O) groups excluding carboxylic acids is 5. The van der Waals surface area contributed by atoms with Gasteiger partial charge in [0.1, 0.15) is 11.2 Å². The molecule has 2 N–H and O–H groups in total. The summed E-state index contributed by atoms with van der Waals surface area (Å²) in [4.78, 5) is 80.8. The van der Waals surface area contributed by atoms with Gasteiger partial charge in [-0.15, -0.1) is 0 Å². The Bertz CT molecular complexity index is 2610. The van der Waals surface area contributed by atoms with Crippen LogP contribution in [0, 0.1) is 17.3 Å². The van der Waals surface area contributed by atoms with Gasteiger partial charge in [-0.1, -0.05) is 39.8 Å². The van der Waals surface area contributed by atoms with Gasteiger partial charge in [0, 0.05) is 84.8 Å². The monoisotopic (exact) mass is 906 g/mol. The third-order valence-electron chi connectivity index (χ3n) is 16.9. The van der Waals surface area contributed by atoms with Crippen LogP contribution in [0.2, 0.25) is 0 Å². The molecule has 10 rings (SSSR count). The number of piperidine rings is 1. The summed E-state index contributed by atoms with van der Waals surface area (Å²) in [7, 11) is 4.18. The standard InChI is InChI=1S/C51H62N4O11/c1-9-46(61)24-31-25-48(44(59)63-7,41-33(14-18-53(26-31)27-46)34-21-32(12-13-37(34)52-41)39(58)20-29(3)4)36-22-35-38(23-40(36)62-6)55(28-56)51-49(35)16-19-54-17-11-15-47(10-2,42(49)54)43(65-30(5)57)50(51,66-51)45(60)64-8/h11-13,15,21-23,28-29,31,42-43,52,61H,9-10,14,16-20,24-27H2,1-8H3/t31-,42+,43-,46+,47-,48+,49-,50+,51+/m1/s1. The molecule has 2 bridgehead atoms.